The first kappa shape index (κ1) is 22.3. The molecule has 0 unspecified atom stereocenters. The number of hydrogen-bond acceptors (Lipinski definition) is 3. The van der Waals surface area contributed by atoms with Gasteiger partial charge in [-0.05, 0) is 12.1 Å². The lowest BCUT2D eigenvalue weighted by Gasteiger charge is -2.25. The topological polar surface area (TPSA) is 56.7 Å². The molecule has 156 valence electrons. The van der Waals surface area contributed by atoms with Crippen LogP contribution in [0.5, 0.6) is 0 Å². The predicted octanol–water partition coefficient (Wildman–Crippen LogP) is 5.46. The van der Waals surface area contributed by atoms with E-state index in [1.807, 2.05) is 0 Å². The van der Waals surface area contributed by atoms with Gasteiger partial charge >= 0.3 is 24.2 Å². The Bertz CT molecular complexity index is 880. The van der Waals surface area contributed by atoms with Crippen molar-refractivity contribution in [1.82, 2.24) is 14.8 Å². The Morgan fingerprint density at radius 3 is 1.71 bits per heavy atom. The highest BCUT2D eigenvalue weighted by Crippen LogP contribution is 2.51. The number of aromatic nitrogens is 3. The summed E-state index contributed by atoms with van der Waals surface area (Å²) in [6, 6.07) is 0.568. The molecule has 0 saturated heterocycles. The molecule has 2 rings (SSSR count). The second-order valence-electron chi connectivity index (χ2n) is 5.14. The molecule has 2 aromatic rings. The van der Waals surface area contributed by atoms with Crippen molar-refractivity contribution in [3.63, 3.8) is 0 Å². The van der Waals surface area contributed by atoms with Gasteiger partial charge in [-0.25, -0.2) is 0 Å². The summed E-state index contributed by atoms with van der Waals surface area (Å²) in [7, 11) is 0. The van der Waals surface area contributed by atoms with Crippen LogP contribution in [0, 0.1) is 0 Å². The molecular weight excluding hydrogens is 461 g/mol. The smallest absolute Gasteiger partial charge is 0.368 e. The molecule has 4 nitrogen and oxygen atoms in total. The first-order chi connectivity index (χ1) is 12.4. The number of halogens is 12. The Kier molecular flexibility index (Phi) is 5.22. The predicted molar refractivity (Wildman–Crippen MR) is 75.7 cm³/mol. The molecule has 2 N–H and O–H groups in total. The Balaban J connectivity index is 2.63. The van der Waals surface area contributed by atoms with E-state index in [0.717, 1.165) is 0 Å². The fourth-order valence-corrected chi connectivity index (χ4v) is 2.52. The molecule has 28 heavy (non-hydrogen) atoms. The highest BCUT2D eigenvalue weighted by atomic mass is 35.5. The lowest BCUT2D eigenvalue weighted by Crippen LogP contribution is -2.50. The zero-order chi connectivity index (χ0) is 21.9. The average Bonchev–Trinajstić information content (AvgIpc) is 2.86. The van der Waals surface area contributed by atoms with E-state index in [1.54, 1.807) is 0 Å². The molecule has 0 radical (unpaired) electrons. The van der Waals surface area contributed by atoms with Crippen LogP contribution in [0.4, 0.5) is 49.9 Å². The summed E-state index contributed by atoms with van der Waals surface area (Å²) in [5.74, 6) is -16.1. The first-order valence-corrected chi connectivity index (χ1v) is 7.29. The maximum Gasteiger partial charge on any atom is 0.460 e. The Morgan fingerprint density at radius 2 is 1.32 bits per heavy atom. The fraction of sp³-hybridized carbons (Fsp3) is 0.333. The fourth-order valence-electron chi connectivity index (χ4n) is 1.87. The molecular formula is C12H4Cl2F10N4. The van der Waals surface area contributed by atoms with Gasteiger partial charge in [0, 0.05) is 0 Å². The van der Waals surface area contributed by atoms with E-state index in [9.17, 15) is 43.9 Å². The molecule has 0 aliphatic carbocycles. The van der Waals surface area contributed by atoms with Crippen LogP contribution in [0.15, 0.2) is 12.1 Å². The lowest BCUT2D eigenvalue weighted by atomic mass is 10.1. The van der Waals surface area contributed by atoms with Gasteiger partial charge in [-0.3, -0.25) is 0 Å². The normalized spacial score (nSPS) is 13.9. The van der Waals surface area contributed by atoms with Crippen LogP contribution in [0.2, 0.25) is 10.0 Å². The molecule has 16 heteroatoms. The van der Waals surface area contributed by atoms with Crippen molar-refractivity contribution >= 4 is 29.2 Å². The van der Waals surface area contributed by atoms with E-state index in [-0.39, 0.29) is 16.8 Å². The van der Waals surface area contributed by atoms with Gasteiger partial charge in [0.2, 0.25) is 11.8 Å². The number of nitrogen functional groups attached to an aromatic ring is 1. The van der Waals surface area contributed by atoms with Crippen molar-refractivity contribution in [2.75, 3.05) is 5.73 Å². The van der Waals surface area contributed by atoms with Crippen LogP contribution < -0.4 is 5.73 Å². The monoisotopic (exact) mass is 464 g/mol. The molecule has 0 atom stereocenters. The summed E-state index contributed by atoms with van der Waals surface area (Å²) in [6.07, 6.45) is -11.6. The SMILES string of the molecule is Nc1nc(C(F)(F)C(F)(F)C(F)(F)F)nn1-c1c(Cl)cc(C(F)(F)F)cc1Cl. The summed E-state index contributed by atoms with van der Waals surface area (Å²) < 4.78 is 128. The largest absolute Gasteiger partial charge is 0.460 e. The Hall–Kier alpha value is -1.96. The summed E-state index contributed by atoms with van der Waals surface area (Å²) in [5, 5.41) is 1.01. The number of nitrogens with two attached hydrogens (primary N) is 1. The van der Waals surface area contributed by atoms with Crippen LogP contribution in [-0.2, 0) is 12.1 Å². The van der Waals surface area contributed by atoms with Crippen molar-refractivity contribution in [2.45, 2.75) is 24.2 Å². The van der Waals surface area contributed by atoms with Crippen molar-refractivity contribution < 1.29 is 43.9 Å². The summed E-state index contributed by atoms with van der Waals surface area (Å²) in [4.78, 5) is 2.65. The van der Waals surface area contributed by atoms with Gasteiger partial charge in [0.1, 0.15) is 5.69 Å². The minimum atomic E-state index is -6.67. The third kappa shape index (κ3) is 3.54. The number of hydrogen-bond donors (Lipinski definition) is 1. The zero-order valence-corrected chi connectivity index (χ0v) is 14.1. The van der Waals surface area contributed by atoms with Gasteiger partial charge in [-0.15, -0.1) is 5.10 Å². The third-order valence-electron chi connectivity index (χ3n) is 3.22. The first-order valence-electron chi connectivity index (χ1n) is 6.53. The molecule has 0 fully saturated rings. The maximum absolute atomic E-state index is 13.7. The van der Waals surface area contributed by atoms with Gasteiger partial charge in [0.05, 0.1) is 15.6 Å². The summed E-state index contributed by atoms with van der Waals surface area (Å²) in [6.45, 7) is 0. The minimum absolute atomic E-state index is 0.0144. The van der Waals surface area contributed by atoms with Gasteiger partial charge in [-0.2, -0.15) is 53.6 Å². The van der Waals surface area contributed by atoms with Crippen molar-refractivity contribution in [3.05, 3.63) is 33.6 Å². The summed E-state index contributed by atoms with van der Waals surface area (Å²) in [5.41, 5.74) is 3.02. The number of nitrogens with zero attached hydrogens (tertiary/aromatic N) is 3. The van der Waals surface area contributed by atoms with E-state index in [4.69, 9.17) is 28.9 Å². The second kappa shape index (κ2) is 6.54. The highest BCUT2D eigenvalue weighted by molar-refractivity contribution is 6.37. The van der Waals surface area contributed by atoms with E-state index >= 15 is 0 Å². The average molecular weight is 465 g/mol. The van der Waals surface area contributed by atoms with E-state index in [0.29, 0.717) is 0 Å². The molecule has 1 aromatic carbocycles. The highest BCUT2D eigenvalue weighted by Gasteiger charge is 2.75. The number of rotatable bonds is 3. The van der Waals surface area contributed by atoms with Crippen LogP contribution in [-0.4, -0.2) is 26.9 Å². The minimum Gasteiger partial charge on any atom is -0.368 e. The molecule has 0 spiro atoms. The van der Waals surface area contributed by atoms with Crippen molar-refractivity contribution in [3.8, 4) is 5.69 Å². The molecule has 1 aromatic heterocycles. The van der Waals surface area contributed by atoms with Crippen molar-refractivity contribution in [1.29, 1.82) is 0 Å². The van der Waals surface area contributed by atoms with E-state index < -0.39 is 57.3 Å². The molecule has 0 amide bonds. The molecule has 0 saturated carbocycles. The number of alkyl halides is 10. The van der Waals surface area contributed by atoms with Crippen molar-refractivity contribution in [2.24, 2.45) is 0 Å². The van der Waals surface area contributed by atoms with Gasteiger partial charge in [-0.1, -0.05) is 23.2 Å². The molecule has 0 bridgehead atoms. The second-order valence-corrected chi connectivity index (χ2v) is 5.95. The Labute approximate surface area is 157 Å². The lowest BCUT2D eigenvalue weighted by molar-refractivity contribution is -0.361. The standard InChI is InChI=1S/C12H4Cl2F10N4/c13-4-1-3(10(17,18)19)2-5(14)6(4)28-8(25)26-7(27-28)9(15,16)11(20,21)12(22,23)24/h1-2H,(H2,25,26,27). The molecule has 0 aliphatic heterocycles. The van der Waals surface area contributed by atoms with Gasteiger partial charge in [0.25, 0.3) is 0 Å². The molecule has 0 aliphatic rings. The Morgan fingerprint density at radius 1 is 0.857 bits per heavy atom. The van der Waals surface area contributed by atoms with Crippen LogP contribution in [0.3, 0.4) is 0 Å². The van der Waals surface area contributed by atoms with Crippen LogP contribution in [0.25, 0.3) is 5.69 Å². The summed E-state index contributed by atoms with van der Waals surface area (Å²) >= 11 is 11.2. The maximum atomic E-state index is 13.7. The van der Waals surface area contributed by atoms with Crippen LogP contribution >= 0.6 is 23.2 Å². The van der Waals surface area contributed by atoms with Gasteiger partial charge < -0.3 is 5.73 Å². The van der Waals surface area contributed by atoms with Gasteiger partial charge in [0.15, 0.2) is 0 Å². The van der Waals surface area contributed by atoms with E-state index in [1.165, 1.54) is 0 Å². The number of anilines is 1. The van der Waals surface area contributed by atoms with Crippen LogP contribution in [0.1, 0.15) is 11.4 Å². The van der Waals surface area contributed by atoms with E-state index in [2.05, 4.69) is 10.1 Å². The third-order valence-corrected chi connectivity index (χ3v) is 3.80. The quantitative estimate of drug-likeness (QED) is 0.613. The number of benzene rings is 1. The molecule has 1 heterocycles. The zero-order valence-electron chi connectivity index (χ0n) is 12.6.